The molecule has 0 aliphatic heterocycles. The molecule has 4 rings (SSSR count). The van der Waals surface area contributed by atoms with Crippen molar-refractivity contribution < 1.29 is 35.5 Å². The van der Waals surface area contributed by atoms with Gasteiger partial charge in [0.2, 0.25) is 0 Å². The van der Waals surface area contributed by atoms with E-state index in [-0.39, 0.29) is 11.5 Å². The van der Waals surface area contributed by atoms with Gasteiger partial charge < -0.3 is 4.80 Å². The van der Waals surface area contributed by atoms with Crippen LogP contribution in [0.25, 0.3) is 11.1 Å². The average molecular weight is 665 g/mol. The number of halogens is 7. The van der Waals surface area contributed by atoms with Crippen LogP contribution in [0.5, 0.6) is 0 Å². The minimum atomic E-state index is -4.74. The Bertz CT molecular complexity index is 1620. The Labute approximate surface area is 264 Å². The summed E-state index contributed by atoms with van der Waals surface area (Å²) in [6, 6.07) is 20.3. The van der Waals surface area contributed by atoms with Crippen LogP contribution in [0.15, 0.2) is 89.8 Å². The van der Waals surface area contributed by atoms with Crippen LogP contribution in [0.4, 0.5) is 30.7 Å². The van der Waals surface area contributed by atoms with Gasteiger partial charge >= 0.3 is 12.4 Å². The molecule has 0 bridgehead atoms. The zero-order chi connectivity index (χ0) is 33.4. The van der Waals surface area contributed by atoms with E-state index >= 15 is 0 Å². The van der Waals surface area contributed by atoms with Gasteiger partial charge in [0.25, 0.3) is 0 Å². The van der Waals surface area contributed by atoms with E-state index < -0.39 is 48.4 Å². The highest BCUT2D eigenvalue weighted by Gasteiger charge is 2.38. The maximum atomic E-state index is 15.0. The molecule has 4 aromatic carbocycles. The summed E-state index contributed by atoms with van der Waals surface area (Å²) in [7, 11) is -2.47. The average Bonchev–Trinajstić information content (AvgIpc) is 2.93. The highest BCUT2D eigenvalue weighted by atomic mass is 32.2. The van der Waals surface area contributed by atoms with Gasteiger partial charge in [0.15, 0.2) is 8.32 Å². The Morgan fingerprint density at radius 1 is 0.778 bits per heavy atom. The predicted octanol–water partition coefficient (Wildman–Crippen LogP) is 11.4. The first-order chi connectivity index (χ1) is 20.8. The van der Waals surface area contributed by atoms with E-state index in [1.807, 2.05) is 52.1 Å². The minimum absolute atomic E-state index is 0.246. The second-order valence-electron chi connectivity index (χ2n) is 12.5. The molecular formula is C35H35F7OSSi. The van der Waals surface area contributed by atoms with Gasteiger partial charge in [-0.1, -0.05) is 62.4 Å². The number of hydrogen-bond donors (Lipinski definition) is 1. The summed E-state index contributed by atoms with van der Waals surface area (Å²) in [6.07, 6.45) is -8.78. The van der Waals surface area contributed by atoms with Crippen molar-refractivity contribution in [2.24, 2.45) is 0 Å². The van der Waals surface area contributed by atoms with Crippen molar-refractivity contribution in [3.05, 3.63) is 124 Å². The highest BCUT2D eigenvalue weighted by Crippen LogP contribution is 2.44. The molecule has 45 heavy (non-hydrogen) atoms. The summed E-state index contributed by atoms with van der Waals surface area (Å²) < 4.78 is 95.7. The maximum Gasteiger partial charge on any atom is 0.416 e. The smallest absolute Gasteiger partial charge is 0.416 e. The lowest BCUT2D eigenvalue weighted by molar-refractivity contribution is -0.138. The van der Waals surface area contributed by atoms with Crippen molar-refractivity contribution in [2.75, 3.05) is 0 Å². The van der Waals surface area contributed by atoms with E-state index in [1.54, 1.807) is 24.3 Å². The second kappa shape index (κ2) is 13.0. The first kappa shape index (κ1) is 34.8. The molecule has 0 aliphatic carbocycles. The van der Waals surface area contributed by atoms with Crippen LogP contribution in [0.3, 0.4) is 0 Å². The van der Waals surface area contributed by atoms with Gasteiger partial charge in [-0.15, -0.1) is 11.8 Å². The fourth-order valence-corrected chi connectivity index (χ4v) is 6.87. The zero-order valence-electron chi connectivity index (χ0n) is 25.6. The third-order valence-corrected chi connectivity index (χ3v) is 13.3. The largest absolute Gasteiger partial charge is 0.432 e. The van der Waals surface area contributed by atoms with Crippen LogP contribution >= 0.6 is 11.8 Å². The van der Waals surface area contributed by atoms with E-state index in [0.717, 1.165) is 46.4 Å². The summed E-state index contributed by atoms with van der Waals surface area (Å²) in [5, 5.41) is -0.905. The molecule has 240 valence electrons. The number of aryl methyl sites for hydroxylation is 1. The third-order valence-electron chi connectivity index (χ3n) is 8.52. The van der Waals surface area contributed by atoms with Gasteiger partial charge in [-0.25, -0.2) is 4.39 Å². The van der Waals surface area contributed by atoms with Crippen LogP contribution in [-0.2, 0) is 25.2 Å². The Morgan fingerprint density at radius 2 is 1.36 bits per heavy atom. The number of thioether (sulfide) groups is 1. The Balaban J connectivity index is 1.69. The number of rotatable bonds is 9. The molecule has 0 spiro atoms. The summed E-state index contributed by atoms with van der Waals surface area (Å²) in [4.78, 5) is 11.5. The topological polar surface area (TPSA) is 20.2 Å². The monoisotopic (exact) mass is 664 g/mol. The lowest BCUT2D eigenvalue weighted by Crippen LogP contribution is -2.40. The standard InChI is InChI=1S/C35H35F7OSSi/c1-22-19-28(18-15-26(22)21-33(2,3)45(4,5)43)44-32(20-29-30(35(40,41)42)7-6-8-31(29)36)25-11-9-23(10-12-25)24-13-16-27(17-14-24)34(37,38)39/h6-19,32,43H,20-21H2,1-5H3. The van der Waals surface area contributed by atoms with Crippen molar-refractivity contribution in [1.29, 1.82) is 0 Å². The molecule has 0 heterocycles. The van der Waals surface area contributed by atoms with Gasteiger partial charge in [-0.2, -0.15) is 26.3 Å². The van der Waals surface area contributed by atoms with Crippen LogP contribution in [-0.4, -0.2) is 13.1 Å². The molecule has 1 N–H and O–H groups in total. The van der Waals surface area contributed by atoms with Crippen LogP contribution in [0.2, 0.25) is 18.1 Å². The summed E-state index contributed by atoms with van der Waals surface area (Å²) in [5.74, 6) is -0.943. The van der Waals surface area contributed by atoms with E-state index in [2.05, 4.69) is 0 Å². The predicted molar refractivity (Wildman–Crippen MR) is 169 cm³/mol. The third kappa shape index (κ3) is 8.40. The van der Waals surface area contributed by atoms with Crippen molar-refractivity contribution >= 4 is 20.1 Å². The van der Waals surface area contributed by atoms with Crippen molar-refractivity contribution in [3.63, 3.8) is 0 Å². The van der Waals surface area contributed by atoms with Gasteiger partial charge in [0.05, 0.1) is 11.1 Å². The fraction of sp³-hybridized carbons (Fsp3) is 0.314. The van der Waals surface area contributed by atoms with Crippen molar-refractivity contribution in [3.8, 4) is 11.1 Å². The van der Waals surface area contributed by atoms with Crippen molar-refractivity contribution in [2.45, 2.75) is 74.2 Å². The SMILES string of the molecule is Cc1cc(SC(Cc2c(F)cccc2C(F)(F)F)c2ccc(-c3ccc(C(F)(F)F)cc3)cc2)ccc1CC(C)(C)[Si](C)(C)O. The summed E-state index contributed by atoms with van der Waals surface area (Å²) in [6.45, 7) is 9.83. The number of alkyl halides is 6. The Kier molecular flexibility index (Phi) is 10.0. The van der Waals surface area contributed by atoms with E-state index in [0.29, 0.717) is 23.1 Å². The maximum absolute atomic E-state index is 15.0. The molecule has 1 unspecified atom stereocenters. The lowest BCUT2D eigenvalue weighted by Gasteiger charge is -2.35. The molecule has 1 atom stereocenters. The summed E-state index contributed by atoms with van der Waals surface area (Å²) >= 11 is 1.32. The van der Waals surface area contributed by atoms with Crippen LogP contribution in [0, 0.1) is 12.7 Å². The van der Waals surface area contributed by atoms with Crippen LogP contribution < -0.4 is 0 Å². The van der Waals surface area contributed by atoms with Gasteiger partial charge in [-0.3, -0.25) is 0 Å². The fourth-order valence-electron chi connectivity index (χ4n) is 4.98. The molecule has 0 aromatic heterocycles. The van der Waals surface area contributed by atoms with Crippen LogP contribution in [0.1, 0.15) is 52.5 Å². The molecule has 0 fully saturated rings. The molecule has 4 aromatic rings. The van der Waals surface area contributed by atoms with E-state index in [1.165, 1.54) is 23.9 Å². The van der Waals surface area contributed by atoms with E-state index in [4.69, 9.17) is 0 Å². The first-order valence-corrected chi connectivity index (χ1v) is 18.2. The number of hydrogen-bond acceptors (Lipinski definition) is 2. The second-order valence-corrected chi connectivity index (χ2v) is 18.2. The highest BCUT2D eigenvalue weighted by molar-refractivity contribution is 7.99. The first-order valence-electron chi connectivity index (χ1n) is 14.4. The Morgan fingerprint density at radius 3 is 1.87 bits per heavy atom. The van der Waals surface area contributed by atoms with Crippen molar-refractivity contribution in [1.82, 2.24) is 0 Å². The molecule has 1 nitrogen and oxygen atoms in total. The Hall–Kier alpha value is -3.08. The molecule has 0 saturated heterocycles. The molecule has 0 saturated carbocycles. The normalized spacial score (nSPS) is 13.6. The van der Waals surface area contributed by atoms with E-state index in [9.17, 15) is 35.5 Å². The van der Waals surface area contributed by atoms with Gasteiger partial charge in [0.1, 0.15) is 5.82 Å². The number of benzene rings is 4. The molecule has 0 amide bonds. The zero-order valence-corrected chi connectivity index (χ0v) is 27.4. The molecule has 0 radical (unpaired) electrons. The lowest BCUT2D eigenvalue weighted by atomic mass is 9.96. The quantitative estimate of drug-likeness (QED) is 0.109. The summed E-state index contributed by atoms with van der Waals surface area (Å²) in [5.41, 5.74) is 1.64. The molecule has 10 heteroatoms. The minimum Gasteiger partial charge on any atom is -0.432 e. The molecular weight excluding hydrogens is 630 g/mol. The van der Waals surface area contributed by atoms with Gasteiger partial charge in [-0.05, 0) is 102 Å². The molecule has 0 aliphatic rings. The van der Waals surface area contributed by atoms with Gasteiger partial charge in [0, 0.05) is 15.7 Å².